The van der Waals surface area contributed by atoms with Crippen LogP contribution in [0.2, 0.25) is 0 Å². The number of carbonyl (C=O) groups excluding carboxylic acids is 1. The van der Waals surface area contributed by atoms with Gasteiger partial charge in [-0.2, -0.15) is 11.3 Å². The molecule has 1 fully saturated rings. The van der Waals surface area contributed by atoms with Crippen LogP contribution in [0.5, 0.6) is 0 Å². The van der Waals surface area contributed by atoms with Crippen molar-refractivity contribution in [2.45, 2.75) is 32.7 Å². The number of carboxylic acid groups (broad SMARTS) is 1. The SMILES string of the molecule is Cc1nc(-c2ccsc2)ccc1C(=O)N(CC(C)C(=O)O)C1CC1. The lowest BCUT2D eigenvalue weighted by molar-refractivity contribution is -0.141. The Morgan fingerprint density at radius 3 is 2.67 bits per heavy atom. The van der Waals surface area contributed by atoms with E-state index in [2.05, 4.69) is 4.98 Å². The van der Waals surface area contributed by atoms with E-state index in [1.54, 1.807) is 29.2 Å². The van der Waals surface area contributed by atoms with Gasteiger partial charge in [0.05, 0.1) is 22.9 Å². The van der Waals surface area contributed by atoms with Gasteiger partial charge in [-0.05, 0) is 43.3 Å². The van der Waals surface area contributed by atoms with Gasteiger partial charge in [-0.3, -0.25) is 14.6 Å². The second kappa shape index (κ2) is 6.73. The van der Waals surface area contributed by atoms with Gasteiger partial charge in [0.2, 0.25) is 0 Å². The molecule has 2 aromatic heterocycles. The zero-order valence-electron chi connectivity index (χ0n) is 13.7. The zero-order valence-corrected chi connectivity index (χ0v) is 14.5. The van der Waals surface area contributed by atoms with E-state index in [1.807, 2.05) is 29.8 Å². The molecule has 1 amide bonds. The van der Waals surface area contributed by atoms with Crippen LogP contribution in [0.1, 0.15) is 35.8 Å². The summed E-state index contributed by atoms with van der Waals surface area (Å²) in [7, 11) is 0. The van der Waals surface area contributed by atoms with Crippen molar-refractivity contribution in [3.05, 3.63) is 40.2 Å². The molecule has 0 saturated heterocycles. The van der Waals surface area contributed by atoms with Gasteiger partial charge < -0.3 is 10.0 Å². The highest BCUT2D eigenvalue weighted by atomic mass is 32.1. The maximum atomic E-state index is 12.9. The molecule has 1 aliphatic carbocycles. The van der Waals surface area contributed by atoms with Crippen LogP contribution in [0.15, 0.2) is 29.0 Å². The number of amides is 1. The summed E-state index contributed by atoms with van der Waals surface area (Å²) in [6, 6.07) is 5.82. The first-order valence-corrected chi connectivity index (χ1v) is 8.95. The number of aromatic nitrogens is 1. The summed E-state index contributed by atoms with van der Waals surface area (Å²) in [4.78, 5) is 30.3. The first-order chi connectivity index (χ1) is 11.5. The molecule has 24 heavy (non-hydrogen) atoms. The number of aliphatic carboxylic acids is 1. The van der Waals surface area contributed by atoms with E-state index in [0.29, 0.717) is 11.3 Å². The molecule has 2 aromatic rings. The lowest BCUT2D eigenvalue weighted by atomic mass is 10.1. The number of pyridine rings is 1. The van der Waals surface area contributed by atoms with Crippen molar-refractivity contribution in [1.29, 1.82) is 0 Å². The Balaban J connectivity index is 1.83. The minimum absolute atomic E-state index is 0.118. The summed E-state index contributed by atoms with van der Waals surface area (Å²) in [6.07, 6.45) is 1.88. The first kappa shape index (κ1) is 16.6. The summed E-state index contributed by atoms with van der Waals surface area (Å²) in [5.74, 6) is -1.57. The van der Waals surface area contributed by atoms with E-state index >= 15 is 0 Å². The van der Waals surface area contributed by atoms with Crippen LogP contribution in [-0.2, 0) is 4.79 Å². The fraction of sp³-hybridized carbons (Fsp3) is 0.389. The van der Waals surface area contributed by atoms with Crippen molar-refractivity contribution >= 4 is 23.2 Å². The standard InChI is InChI=1S/C18H20N2O3S/c1-11(18(22)23)9-20(14-3-4-14)17(21)15-5-6-16(19-12(15)2)13-7-8-24-10-13/h5-8,10-11,14H,3-4,9H2,1-2H3,(H,22,23). The van der Waals surface area contributed by atoms with E-state index in [4.69, 9.17) is 5.11 Å². The predicted octanol–water partition coefficient (Wildman–Crippen LogP) is 3.44. The molecule has 6 heteroatoms. The maximum Gasteiger partial charge on any atom is 0.308 e. The van der Waals surface area contributed by atoms with Crippen molar-refractivity contribution in [3.63, 3.8) is 0 Å². The molecule has 0 spiro atoms. The summed E-state index contributed by atoms with van der Waals surface area (Å²) >= 11 is 1.61. The number of hydrogen-bond acceptors (Lipinski definition) is 4. The van der Waals surface area contributed by atoms with Gasteiger partial charge in [-0.25, -0.2) is 0 Å². The van der Waals surface area contributed by atoms with E-state index in [-0.39, 0.29) is 18.5 Å². The van der Waals surface area contributed by atoms with Gasteiger partial charge in [0.15, 0.2) is 0 Å². The number of carboxylic acids is 1. The Hall–Kier alpha value is -2.21. The summed E-state index contributed by atoms with van der Waals surface area (Å²) in [6.45, 7) is 3.70. The highest BCUT2D eigenvalue weighted by Crippen LogP contribution is 2.30. The molecule has 1 saturated carbocycles. The lowest BCUT2D eigenvalue weighted by Crippen LogP contribution is -2.39. The van der Waals surface area contributed by atoms with Crippen molar-refractivity contribution in [1.82, 2.24) is 9.88 Å². The Bertz CT molecular complexity index is 754. The third kappa shape index (κ3) is 3.48. The van der Waals surface area contributed by atoms with Crippen LogP contribution in [0.25, 0.3) is 11.3 Å². The number of nitrogens with zero attached hydrogens (tertiary/aromatic N) is 2. The van der Waals surface area contributed by atoms with Crippen LogP contribution in [0.4, 0.5) is 0 Å². The van der Waals surface area contributed by atoms with Crippen LogP contribution in [0, 0.1) is 12.8 Å². The topological polar surface area (TPSA) is 70.5 Å². The number of hydrogen-bond donors (Lipinski definition) is 1. The molecular weight excluding hydrogens is 324 g/mol. The molecule has 1 atom stereocenters. The molecule has 126 valence electrons. The van der Waals surface area contributed by atoms with E-state index in [0.717, 1.165) is 24.1 Å². The van der Waals surface area contributed by atoms with Crippen LogP contribution in [0.3, 0.4) is 0 Å². The summed E-state index contributed by atoms with van der Waals surface area (Å²) < 4.78 is 0. The van der Waals surface area contributed by atoms with Gasteiger partial charge >= 0.3 is 5.97 Å². The largest absolute Gasteiger partial charge is 0.481 e. The Morgan fingerprint density at radius 1 is 1.38 bits per heavy atom. The van der Waals surface area contributed by atoms with E-state index < -0.39 is 11.9 Å². The molecule has 0 bridgehead atoms. The van der Waals surface area contributed by atoms with Gasteiger partial charge in [-0.1, -0.05) is 6.92 Å². The number of thiophene rings is 1. The molecule has 1 N–H and O–H groups in total. The molecule has 1 unspecified atom stereocenters. The van der Waals surface area contributed by atoms with Crippen molar-refractivity contribution in [2.24, 2.45) is 5.92 Å². The molecule has 5 nitrogen and oxygen atoms in total. The first-order valence-electron chi connectivity index (χ1n) is 8.01. The van der Waals surface area contributed by atoms with Crippen LogP contribution >= 0.6 is 11.3 Å². The third-order valence-corrected chi connectivity index (χ3v) is 4.96. The monoisotopic (exact) mass is 344 g/mol. The second-order valence-corrected chi connectivity index (χ2v) is 7.05. The third-order valence-electron chi connectivity index (χ3n) is 4.27. The molecule has 3 rings (SSSR count). The fourth-order valence-corrected chi connectivity index (χ4v) is 3.32. The Kier molecular flexibility index (Phi) is 4.66. The smallest absolute Gasteiger partial charge is 0.308 e. The number of aryl methyl sites for hydroxylation is 1. The number of carbonyl (C=O) groups is 2. The molecule has 0 aromatic carbocycles. The summed E-state index contributed by atoms with van der Waals surface area (Å²) in [5.41, 5.74) is 3.12. The van der Waals surface area contributed by atoms with Crippen molar-refractivity contribution < 1.29 is 14.7 Å². The number of rotatable bonds is 6. The minimum Gasteiger partial charge on any atom is -0.481 e. The Morgan fingerprint density at radius 2 is 2.12 bits per heavy atom. The average Bonchev–Trinajstić information content (AvgIpc) is 3.24. The molecule has 0 aliphatic heterocycles. The van der Waals surface area contributed by atoms with Crippen molar-refractivity contribution in [3.8, 4) is 11.3 Å². The quantitative estimate of drug-likeness (QED) is 0.871. The predicted molar refractivity (Wildman–Crippen MR) is 93.1 cm³/mol. The van der Waals surface area contributed by atoms with Gasteiger partial charge in [-0.15, -0.1) is 0 Å². The normalized spacial score (nSPS) is 15.1. The molecule has 2 heterocycles. The van der Waals surface area contributed by atoms with E-state index in [1.165, 1.54) is 0 Å². The van der Waals surface area contributed by atoms with Crippen molar-refractivity contribution in [2.75, 3.05) is 6.54 Å². The van der Waals surface area contributed by atoms with Crippen LogP contribution in [-0.4, -0.2) is 39.5 Å². The second-order valence-electron chi connectivity index (χ2n) is 6.27. The van der Waals surface area contributed by atoms with E-state index in [9.17, 15) is 9.59 Å². The van der Waals surface area contributed by atoms with Gasteiger partial charge in [0.25, 0.3) is 5.91 Å². The highest BCUT2D eigenvalue weighted by Gasteiger charge is 2.35. The van der Waals surface area contributed by atoms with Crippen LogP contribution < -0.4 is 0 Å². The van der Waals surface area contributed by atoms with Gasteiger partial charge in [0, 0.05) is 23.5 Å². The minimum atomic E-state index is -0.879. The maximum absolute atomic E-state index is 12.9. The average molecular weight is 344 g/mol. The molecular formula is C18H20N2O3S. The molecule has 0 radical (unpaired) electrons. The highest BCUT2D eigenvalue weighted by molar-refractivity contribution is 7.08. The lowest BCUT2D eigenvalue weighted by Gasteiger charge is -2.25. The fourth-order valence-electron chi connectivity index (χ4n) is 2.67. The zero-order chi connectivity index (χ0) is 17.3. The molecule has 1 aliphatic rings. The van der Waals surface area contributed by atoms with Gasteiger partial charge in [0.1, 0.15) is 0 Å². The Labute approximate surface area is 145 Å². The summed E-state index contributed by atoms with van der Waals surface area (Å²) in [5, 5.41) is 13.1.